The minimum Gasteiger partial charge on any atom is -0.384 e. The normalized spacial score (nSPS) is 18.8. The van der Waals surface area contributed by atoms with Gasteiger partial charge < -0.3 is 5.73 Å². The maximum Gasteiger partial charge on any atom is 0.123 e. The van der Waals surface area contributed by atoms with Crippen LogP contribution in [-0.4, -0.2) is 10.2 Å². The quantitative estimate of drug-likeness (QED) is 0.397. The van der Waals surface area contributed by atoms with E-state index in [1.807, 2.05) is 0 Å². The molecule has 0 amide bonds. The number of aromatic nitrogens is 2. The number of H-pyrrole nitrogens is 1. The predicted octanol–water partition coefficient (Wildman–Crippen LogP) is 0.296. The molecule has 1 unspecified atom stereocenters. The highest BCUT2D eigenvalue weighted by atomic mass is 15.2. The highest BCUT2D eigenvalue weighted by Crippen LogP contribution is 2.37. The molecule has 0 bridgehead atoms. The number of hydrazine groups is 1. The van der Waals surface area contributed by atoms with Gasteiger partial charge in [-0.25, -0.2) is 0 Å². The van der Waals surface area contributed by atoms with Crippen molar-refractivity contribution in [3.63, 3.8) is 0 Å². The average Bonchev–Trinajstić information content (AvgIpc) is 2.85. The molecule has 0 saturated heterocycles. The monoisotopic (exact) mass is 181 g/mol. The smallest absolute Gasteiger partial charge is 0.123 e. The van der Waals surface area contributed by atoms with Crippen molar-refractivity contribution in [2.45, 2.75) is 25.3 Å². The minimum absolute atomic E-state index is 0.145. The Morgan fingerprint density at radius 3 is 2.92 bits per heavy atom. The van der Waals surface area contributed by atoms with Crippen molar-refractivity contribution in [3.8, 4) is 0 Å². The lowest BCUT2D eigenvalue weighted by molar-refractivity contribution is 0.488. The van der Waals surface area contributed by atoms with Crippen LogP contribution in [0.3, 0.4) is 0 Å². The SMILES string of the molecule is NNC(CC1CC1)c1cn[nH]c1N. The number of nitrogens with two attached hydrogens (primary N) is 2. The lowest BCUT2D eigenvalue weighted by Crippen LogP contribution is -2.28. The molecule has 0 radical (unpaired) electrons. The Hall–Kier alpha value is -1.07. The molecule has 1 aliphatic rings. The summed E-state index contributed by atoms with van der Waals surface area (Å²) in [5.41, 5.74) is 9.46. The molecule has 6 N–H and O–H groups in total. The molecule has 5 nitrogen and oxygen atoms in total. The summed E-state index contributed by atoms with van der Waals surface area (Å²) in [7, 11) is 0. The van der Waals surface area contributed by atoms with Crippen LogP contribution in [0, 0.1) is 5.92 Å². The highest BCUT2D eigenvalue weighted by Gasteiger charge is 2.27. The van der Waals surface area contributed by atoms with Crippen LogP contribution < -0.4 is 17.0 Å². The van der Waals surface area contributed by atoms with E-state index < -0.39 is 0 Å². The van der Waals surface area contributed by atoms with E-state index in [-0.39, 0.29) is 6.04 Å². The Bertz CT molecular complexity index is 278. The van der Waals surface area contributed by atoms with Gasteiger partial charge in [0.15, 0.2) is 0 Å². The van der Waals surface area contributed by atoms with Gasteiger partial charge in [-0.3, -0.25) is 16.4 Å². The van der Waals surface area contributed by atoms with Gasteiger partial charge in [-0.15, -0.1) is 0 Å². The largest absolute Gasteiger partial charge is 0.384 e. The fraction of sp³-hybridized carbons (Fsp3) is 0.625. The minimum atomic E-state index is 0.145. The first kappa shape index (κ1) is 8.52. The van der Waals surface area contributed by atoms with E-state index in [4.69, 9.17) is 11.6 Å². The number of nitrogens with one attached hydrogen (secondary N) is 2. The Balaban J connectivity index is 2.06. The number of hydrogen-bond acceptors (Lipinski definition) is 4. The summed E-state index contributed by atoms with van der Waals surface area (Å²) in [6.07, 6.45) is 5.42. The molecular formula is C8H15N5. The van der Waals surface area contributed by atoms with Gasteiger partial charge in [-0.1, -0.05) is 12.8 Å². The Labute approximate surface area is 76.8 Å². The van der Waals surface area contributed by atoms with Crippen molar-refractivity contribution in [2.75, 3.05) is 5.73 Å². The van der Waals surface area contributed by atoms with Gasteiger partial charge in [0.05, 0.1) is 12.2 Å². The Morgan fingerprint density at radius 2 is 2.46 bits per heavy atom. The van der Waals surface area contributed by atoms with E-state index in [0.29, 0.717) is 5.82 Å². The van der Waals surface area contributed by atoms with E-state index in [1.54, 1.807) is 6.20 Å². The standard InChI is InChI=1S/C8H15N5/c9-8-6(4-11-13-8)7(12-10)3-5-1-2-5/h4-5,7,12H,1-3,10H2,(H3,9,11,13). The van der Waals surface area contributed by atoms with Gasteiger partial charge in [0.1, 0.15) is 5.82 Å². The fourth-order valence-corrected chi connectivity index (χ4v) is 1.55. The summed E-state index contributed by atoms with van der Waals surface area (Å²) in [5.74, 6) is 6.89. The second kappa shape index (κ2) is 3.35. The molecule has 1 aliphatic carbocycles. The molecule has 1 fully saturated rings. The van der Waals surface area contributed by atoms with Gasteiger partial charge in [0.25, 0.3) is 0 Å². The first-order valence-electron chi connectivity index (χ1n) is 4.56. The molecule has 1 saturated carbocycles. The molecule has 0 spiro atoms. The van der Waals surface area contributed by atoms with Crippen LogP contribution in [0.2, 0.25) is 0 Å². The number of anilines is 1. The molecule has 0 aromatic carbocycles. The second-order valence-electron chi connectivity index (χ2n) is 3.64. The van der Waals surface area contributed by atoms with Crippen LogP contribution in [0.15, 0.2) is 6.20 Å². The summed E-state index contributed by atoms with van der Waals surface area (Å²) < 4.78 is 0. The number of hydrogen-bond donors (Lipinski definition) is 4. The van der Waals surface area contributed by atoms with Gasteiger partial charge in [-0.05, 0) is 12.3 Å². The van der Waals surface area contributed by atoms with Crippen molar-refractivity contribution in [2.24, 2.45) is 11.8 Å². The third kappa shape index (κ3) is 1.81. The Kier molecular flexibility index (Phi) is 2.20. The van der Waals surface area contributed by atoms with Crippen LogP contribution in [0.4, 0.5) is 5.82 Å². The topological polar surface area (TPSA) is 92.7 Å². The maximum atomic E-state index is 5.70. The maximum absolute atomic E-state index is 5.70. The summed E-state index contributed by atoms with van der Waals surface area (Å²) in [6, 6.07) is 0.145. The number of aromatic amines is 1. The molecule has 5 heteroatoms. The molecule has 1 heterocycles. The van der Waals surface area contributed by atoms with Crippen LogP contribution >= 0.6 is 0 Å². The summed E-state index contributed by atoms with van der Waals surface area (Å²) in [4.78, 5) is 0. The van der Waals surface area contributed by atoms with Crippen molar-refractivity contribution in [1.29, 1.82) is 0 Å². The van der Waals surface area contributed by atoms with Gasteiger partial charge in [0.2, 0.25) is 0 Å². The van der Waals surface area contributed by atoms with E-state index in [2.05, 4.69) is 15.6 Å². The summed E-state index contributed by atoms with van der Waals surface area (Å²) in [5, 5.41) is 6.58. The molecule has 2 rings (SSSR count). The van der Waals surface area contributed by atoms with Crippen LogP contribution in [0.1, 0.15) is 30.9 Å². The lowest BCUT2D eigenvalue weighted by Gasteiger charge is -2.13. The third-order valence-corrected chi connectivity index (χ3v) is 2.54. The van der Waals surface area contributed by atoms with Crippen molar-refractivity contribution >= 4 is 5.82 Å². The molecule has 1 aromatic rings. The van der Waals surface area contributed by atoms with Crippen LogP contribution in [-0.2, 0) is 0 Å². The molecule has 13 heavy (non-hydrogen) atoms. The summed E-state index contributed by atoms with van der Waals surface area (Å²) >= 11 is 0. The van der Waals surface area contributed by atoms with Crippen LogP contribution in [0.5, 0.6) is 0 Å². The zero-order valence-electron chi connectivity index (χ0n) is 7.46. The summed E-state index contributed by atoms with van der Waals surface area (Å²) in [6.45, 7) is 0. The molecule has 1 atom stereocenters. The predicted molar refractivity (Wildman–Crippen MR) is 50.4 cm³/mol. The first-order chi connectivity index (χ1) is 6.31. The molecule has 0 aliphatic heterocycles. The van der Waals surface area contributed by atoms with Gasteiger partial charge >= 0.3 is 0 Å². The number of rotatable bonds is 4. The van der Waals surface area contributed by atoms with E-state index in [1.165, 1.54) is 12.8 Å². The zero-order valence-corrected chi connectivity index (χ0v) is 7.46. The van der Waals surface area contributed by atoms with Gasteiger partial charge in [-0.2, -0.15) is 5.10 Å². The van der Waals surface area contributed by atoms with Gasteiger partial charge in [0, 0.05) is 5.56 Å². The molecule has 72 valence electrons. The van der Waals surface area contributed by atoms with Crippen molar-refractivity contribution in [1.82, 2.24) is 15.6 Å². The van der Waals surface area contributed by atoms with Crippen molar-refractivity contribution in [3.05, 3.63) is 11.8 Å². The van der Waals surface area contributed by atoms with E-state index in [9.17, 15) is 0 Å². The van der Waals surface area contributed by atoms with E-state index in [0.717, 1.165) is 17.9 Å². The number of nitrogen functional groups attached to an aromatic ring is 1. The molecule has 1 aromatic heterocycles. The van der Waals surface area contributed by atoms with Crippen molar-refractivity contribution < 1.29 is 0 Å². The molecular weight excluding hydrogens is 166 g/mol. The fourth-order valence-electron chi connectivity index (χ4n) is 1.55. The zero-order chi connectivity index (χ0) is 9.26. The first-order valence-corrected chi connectivity index (χ1v) is 4.56. The number of nitrogens with zero attached hydrogens (tertiary/aromatic N) is 1. The van der Waals surface area contributed by atoms with Crippen LogP contribution in [0.25, 0.3) is 0 Å². The van der Waals surface area contributed by atoms with E-state index >= 15 is 0 Å². The highest BCUT2D eigenvalue weighted by molar-refractivity contribution is 5.39. The second-order valence-corrected chi connectivity index (χ2v) is 3.64. The Morgan fingerprint density at radius 1 is 1.69 bits per heavy atom. The lowest BCUT2D eigenvalue weighted by atomic mass is 10.0. The third-order valence-electron chi connectivity index (χ3n) is 2.54. The average molecular weight is 181 g/mol.